The van der Waals surface area contributed by atoms with Crippen LogP contribution in [0.15, 0.2) is 0 Å². The Bertz CT molecular complexity index is 110. The second kappa shape index (κ2) is 9.51. The average Bonchev–Trinajstić information content (AvgIpc) is 2.10. The van der Waals surface area contributed by atoms with Crippen LogP contribution in [0.2, 0.25) is 0 Å². The fourth-order valence-corrected chi connectivity index (χ4v) is 1.97. The molecule has 14 heavy (non-hydrogen) atoms. The average molecular weight is 200 g/mol. The van der Waals surface area contributed by atoms with Gasteiger partial charge in [-0.2, -0.15) is 0 Å². The van der Waals surface area contributed by atoms with Crippen LogP contribution in [-0.2, 0) is 0 Å². The lowest BCUT2D eigenvalue weighted by Gasteiger charge is -2.12. The standard InChI is InChI=1S/C13H28O/c1-4-5-6-7-8-9-10-12(2)11-13(3)14/h12-14H,4-11H2,1-3H3/t12?,13-/m0/s1. The summed E-state index contributed by atoms with van der Waals surface area (Å²) in [6.45, 7) is 6.39. The van der Waals surface area contributed by atoms with Gasteiger partial charge in [0.1, 0.15) is 0 Å². The molecule has 0 heterocycles. The first-order chi connectivity index (χ1) is 6.66. The Hall–Kier alpha value is -0.0400. The zero-order valence-corrected chi connectivity index (χ0v) is 10.3. The van der Waals surface area contributed by atoms with E-state index in [1.54, 1.807) is 0 Å². The smallest absolute Gasteiger partial charge is 0.0514 e. The second-order valence-electron chi connectivity index (χ2n) is 4.75. The molecule has 1 nitrogen and oxygen atoms in total. The van der Waals surface area contributed by atoms with E-state index in [-0.39, 0.29) is 6.10 Å². The molecule has 2 atom stereocenters. The molecule has 0 bridgehead atoms. The predicted molar refractivity (Wildman–Crippen MR) is 63.5 cm³/mol. The minimum absolute atomic E-state index is 0.120. The molecule has 1 heteroatoms. The van der Waals surface area contributed by atoms with Gasteiger partial charge in [0.2, 0.25) is 0 Å². The minimum atomic E-state index is -0.120. The molecule has 0 saturated carbocycles. The fraction of sp³-hybridized carbons (Fsp3) is 1.00. The molecule has 0 fully saturated rings. The van der Waals surface area contributed by atoms with Gasteiger partial charge in [-0.25, -0.2) is 0 Å². The molecule has 0 saturated heterocycles. The van der Waals surface area contributed by atoms with Crippen LogP contribution in [-0.4, -0.2) is 11.2 Å². The number of hydrogen-bond acceptors (Lipinski definition) is 1. The van der Waals surface area contributed by atoms with Crippen molar-refractivity contribution < 1.29 is 5.11 Å². The Labute approximate surface area is 89.9 Å². The molecule has 0 radical (unpaired) electrons. The van der Waals surface area contributed by atoms with Gasteiger partial charge in [0.15, 0.2) is 0 Å². The van der Waals surface area contributed by atoms with Crippen LogP contribution in [0.3, 0.4) is 0 Å². The van der Waals surface area contributed by atoms with Gasteiger partial charge in [-0.05, 0) is 19.3 Å². The Kier molecular flexibility index (Phi) is 9.49. The molecule has 0 aliphatic carbocycles. The molecular formula is C13H28O. The van der Waals surface area contributed by atoms with E-state index in [9.17, 15) is 5.11 Å². The van der Waals surface area contributed by atoms with Crippen LogP contribution in [0.5, 0.6) is 0 Å². The highest BCUT2D eigenvalue weighted by molar-refractivity contribution is 4.57. The summed E-state index contributed by atoms with van der Waals surface area (Å²) in [5, 5.41) is 9.20. The van der Waals surface area contributed by atoms with Gasteiger partial charge in [0, 0.05) is 0 Å². The number of unbranched alkanes of at least 4 members (excludes halogenated alkanes) is 5. The lowest BCUT2D eigenvalue weighted by Crippen LogP contribution is -2.06. The monoisotopic (exact) mass is 200 g/mol. The van der Waals surface area contributed by atoms with E-state index in [1.807, 2.05) is 6.92 Å². The zero-order chi connectivity index (χ0) is 10.8. The predicted octanol–water partition coefficient (Wildman–Crippen LogP) is 4.14. The molecule has 0 aromatic heterocycles. The van der Waals surface area contributed by atoms with Gasteiger partial charge < -0.3 is 5.11 Å². The summed E-state index contributed by atoms with van der Waals surface area (Å²) in [7, 11) is 0. The van der Waals surface area contributed by atoms with Gasteiger partial charge in [-0.3, -0.25) is 0 Å². The third kappa shape index (κ3) is 10.0. The second-order valence-corrected chi connectivity index (χ2v) is 4.75. The van der Waals surface area contributed by atoms with Crippen molar-refractivity contribution in [3.05, 3.63) is 0 Å². The molecular weight excluding hydrogens is 172 g/mol. The van der Waals surface area contributed by atoms with Crippen molar-refractivity contribution in [2.24, 2.45) is 5.92 Å². The van der Waals surface area contributed by atoms with Crippen LogP contribution in [0.1, 0.15) is 72.1 Å². The Morgan fingerprint density at radius 1 is 0.929 bits per heavy atom. The summed E-state index contributed by atoms with van der Waals surface area (Å²) < 4.78 is 0. The summed E-state index contributed by atoms with van der Waals surface area (Å²) in [5.74, 6) is 0.696. The molecule has 0 aromatic rings. The lowest BCUT2D eigenvalue weighted by molar-refractivity contribution is 0.161. The first-order valence-corrected chi connectivity index (χ1v) is 6.34. The highest BCUT2D eigenvalue weighted by Gasteiger charge is 2.05. The van der Waals surface area contributed by atoms with E-state index < -0.39 is 0 Å². The van der Waals surface area contributed by atoms with E-state index >= 15 is 0 Å². The normalized spacial score (nSPS) is 15.4. The maximum Gasteiger partial charge on any atom is 0.0514 e. The van der Waals surface area contributed by atoms with Crippen molar-refractivity contribution in [1.82, 2.24) is 0 Å². The molecule has 0 aromatic carbocycles. The van der Waals surface area contributed by atoms with Crippen LogP contribution in [0.4, 0.5) is 0 Å². The van der Waals surface area contributed by atoms with E-state index in [1.165, 1.54) is 44.9 Å². The molecule has 0 aliphatic heterocycles. The van der Waals surface area contributed by atoms with Crippen LogP contribution in [0.25, 0.3) is 0 Å². The number of aliphatic hydroxyl groups is 1. The van der Waals surface area contributed by atoms with Crippen molar-refractivity contribution in [1.29, 1.82) is 0 Å². The lowest BCUT2D eigenvalue weighted by atomic mass is 9.97. The number of rotatable bonds is 9. The summed E-state index contributed by atoms with van der Waals surface area (Å²) in [4.78, 5) is 0. The van der Waals surface area contributed by atoms with Crippen LogP contribution in [0, 0.1) is 5.92 Å². The third-order valence-electron chi connectivity index (χ3n) is 2.79. The highest BCUT2D eigenvalue weighted by Crippen LogP contribution is 2.15. The Balaban J connectivity index is 3.10. The quantitative estimate of drug-likeness (QED) is 0.554. The molecule has 1 N–H and O–H groups in total. The fourth-order valence-electron chi connectivity index (χ4n) is 1.97. The SMILES string of the molecule is CCCCCCCCC(C)C[C@H](C)O. The number of aliphatic hydroxyl groups excluding tert-OH is 1. The maximum atomic E-state index is 9.20. The first-order valence-electron chi connectivity index (χ1n) is 6.34. The van der Waals surface area contributed by atoms with Crippen molar-refractivity contribution in [2.45, 2.75) is 78.2 Å². The van der Waals surface area contributed by atoms with Gasteiger partial charge in [-0.1, -0.05) is 58.8 Å². The Morgan fingerprint density at radius 3 is 2.07 bits per heavy atom. The highest BCUT2D eigenvalue weighted by atomic mass is 16.3. The van der Waals surface area contributed by atoms with Crippen molar-refractivity contribution in [3.8, 4) is 0 Å². The molecule has 0 aliphatic rings. The largest absolute Gasteiger partial charge is 0.393 e. The molecule has 0 amide bonds. The number of hydrogen-bond donors (Lipinski definition) is 1. The molecule has 1 unspecified atom stereocenters. The van der Waals surface area contributed by atoms with E-state index in [0.717, 1.165) is 6.42 Å². The third-order valence-corrected chi connectivity index (χ3v) is 2.79. The molecule has 0 spiro atoms. The van der Waals surface area contributed by atoms with Crippen molar-refractivity contribution >= 4 is 0 Å². The van der Waals surface area contributed by atoms with Crippen LogP contribution >= 0.6 is 0 Å². The topological polar surface area (TPSA) is 20.2 Å². The van der Waals surface area contributed by atoms with Crippen molar-refractivity contribution in [2.75, 3.05) is 0 Å². The van der Waals surface area contributed by atoms with Crippen LogP contribution < -0.4 is 0 Å². The van der Waals surface area contributed by atoms with Gasteiger partial charge >= 0.3 is 0 Å². The summed E-state index contributed by atoms with van der Waals surface area (Å²) in [6, 6.07) is 0. The summed E-state index contributed by atoms with van der Waals surface area (Å²) >= 11 is 0. The summed E-state index contributed by atoms with van der Waals surface area (Å²) in [6.07, 6.45) is 10.4. The Morgan fingerprint density at radius 2 is 1.50 bits per heavy atom. The van der Waals surface area contributed by atoms with Crippen molar-refractivity contribution in [3.63, 3.8) is 0 Å². The van der Waals surface area contributed by atoms with E-state index in [4.69, 9.17) is 0 Å². The van der Waals surface area contributed by atoms with Gasteiger partial charge in [0.05, 0.1) is 6.10 Å². The maximum absolute atomic E-state index is 9.20. The minimum Gasteiger partial charge on any atom is -0.393 e. The van der Waals surface area contributed by atoms with Gasteiger partial charge in [0.25, 0.3) is 0 Å². The summed E-state index contributed by atoms with van der Waals surface area (Å²) in [5.41, 5.74) is 0. The first kappa shape index (κ1) is 14.0. The zero-order valence-electron chi connectivity index (χ0n) is 10.3. The van der Waals surface area contributed by atoms with E-state index in [2.05, 4.69) is 13.8 Å². The molecule has 86 valence electrons. The molecule has 0 rings (SSSR count). The van der Waals surface area contributed by atoms with Gasteiger partial charge in [-0.15, -0.1) is 0 Å². The van der Waals surface area contributed by atoms with E-state index in [0.29, 0.717) is 5.92 Å².